The van der Waals surface area contributed by atoms with Crippen LogP contribution in [0.25, 0.3) is 0 Å². The minimum Gasteiger partial charge on any atom is -0.362 e. The number of rotatable bonds is 4. The van der Waals surface area contributed by atoms with E-state index in [0.717, 1.165) is 14.8 Å². The zero-order valence-electron chi connectivity index (χ0n) is 14.6. The molecule has 26 heavy (non-hydrogen) atoms. The van der Waals surface area contributed by atoms with Crippen molar-refractivity contribution in [2.24, 2.45) is 0 Å². The molecular weight excluding hydrogens is 505 g/mol. The van der Waals surface area contributed by atoms with Crippen molar-refractivity contribution in [3.63, 3.8) is 0 Å². The number of halogens is 4. The minimum absolute atomic E-state index is 0.0154. The summed E-state index contributed by atoms with van der Waals surface area (Å²) >= 11 is 20.4. The number of benzene rings is 2. The third-order valence-electron chi connectivity index (χ3n) is 3.77. The van der Waals surface area contributed by atoms with E-state index in [1.165, 1.54) is 0 Å². The molecule has 0 saturated carbocycles. The van der Waals surface area contributed by atoms with E-state index in [-0.39, 0.29) is 11.3 Å². The van der Waals surface area contributed by atoms with Gasteiger partial charge in [0.2, 0.25) is 3.79 Å². The minimum atomic E-state index is -1.72. The Labute approximate surface area is 182 Å². The van der Waals surface area contributed by atoms with E-state index >= 15 is 0 Å². The summed E-state index contributed by atoms with van der Waals surface area (Å²) in [5, 5.41) is 5.80. The molecule has 140 valence electrons. The molecule has 7 heteroatoms. The Hall–Kier alpha value is -0.690. The lowest BCUT2D eigenvalue weighted by Crippen LogP contribution is -2.49. The van der Waals surface area contributed by atoms with Gasteiger partial charge in [0.1, 0.15) is 6.17 Å². The first-order chi connectivity index (χ1) is 12.0. The van der Waals surface area contributed by atoms with E-state index in [1.54, 1.807) is 12.1 Å². The molecule has 0 unspecified atom stereocenters. The molecule has 0 aliphatic carbocycles. The summed E-state index contributed by atoms with van der Waals surface area (Å²) in [5.74, 6) is -0.320. The van der Waals surface area contributed by atoms with Crippen LogP contribution in [0.3, 0.4) is 0 Å². The first-order valence-electron chi connectivity index (χ1n) is 7.97. The van der Waals surface area contributed by atoms with Gasteiger partial charge in [-0.2, -0.15) is 0 Å². The van der Waals surface area contributed by atoms with Crippen LogP contribution in [0.2, 0.25) is 0 Å². The van der Waals surface area contributed by atoms with E-state index in [1.807, 2.05) is 36.4 Å². The maximum absolute atomic E-state index is 12.6. The predicted octanol–water partition coefficient (Wildman–Crippen LogP) is 6.13. The van der Waals surface area contributed by atoms with Crippen molar-refractivity contribution < 1.29 is 4.79 Å². The van der Waals surface area contributed by atoms with Gasteiger partial charge in [-0.3, -0.25) is 4.79 Å². The van der Waals surface area contributed by atoms with Gasteiger partial charge < -0.3 is 10.6 Å². The summed E-state index contributed by atoms with van der Waals surface area (Å²) in [7, 11) is 0. The lowest BCUT2D eigenvalue weighted by molar-refractivity contribution is 0.0942. The van der Waals surface area contributed by atoms with Gasteiger partial charge in [0, 0.05) is 14.8 Å². The maximum atomic E-state index is 12.6. The highest BCUT2D eigenvalue weighted by atomic mass is 127. The van der Waals surface area contributed by atoms with Crippen LogP contribution in [0.4, 0.5) is 5.69 Å². The number of anilines is 1. The van der Waals surface area contributed by atoms with Crippen molar-refractivity contribution in [2.45, 2.75) is 36.1 Å². The Morgan fingerprint density at radius 1 is 0.962 bits per heavy atom. The van der Waals surface area contributed by atoms with Gasteiger partial charge in [0.05, 0.1) is 0 Å². The largest absolute Gasteiger partial charge is 0.362 e. The van der Waals surface area contributed by atoms with Gasteiger partial charge in [-0.1, -0.05) is 67.7 Å². The van der Waals surface area contributed by atoms with E-state index in [0.29, 0.717) is 5.56 Å². The molecule has 1 amide bonds. The molecule has 0 saturated heterocycles. The highest BCUT2D eigenvalue weighted by molar-refractivity contribution is 14.1. The summed E-state index contributed by atoms with van der Waals surface area (Å²) in [6, 6.07) is 15.0. The highest BCUT2D eigenvalue weighted by Gasteiger charge is 2.34. The van der Waals surface area contributed by atoms with Gasteiger partial charge in [-0.15, -0.1) is 0 Å². The van der Waals surface area contributed by atoms with Gasteiger partial charge in [0.15, 0.2) is 0 Å². The second-order valence-corrected chi connectivity index (χ2v) is 10.5. The molecule has 0 bridgehead atoms. The average molecular weight is 526 g/mol. The van der Waals surface area contributed by atoms with Crippen LogP contribution in [0.15, 0.2) is 48.5 Å². The Balaban J connectivity index is 2.15. The number of alkyl halides is 3. The Morgan fingerprint density at radius 2 is 1.50 bits per heavy atom. The van der Waals surface area contributed by atoms with Gasteiger partial charge in [-0.25, -0.2) is 0 Å². The smallest absolute Gasteiger partial charge is 0.252 e. The summed E-state index contributed by atoms with van der Waals surface area (Å²) in [5.41, 5.74) is 2.40. The normalized spacial score (nSPS) is 13.2. The second kappa shape index (κ2) is 8.55. The maximum Gasteiger partial charge on any atom is 0.252 e. The molecule has 0 aliphatic rings. The number of hydrogen-bond donors (Lipinski definition) is 2. The third-order valence-corrected chi connectivity index (χ3v) is 5.14. The van der Waals surface area contributed by atoms with Crippen molar-refractivity contribution in [1.29, 1.82) is 0 Å². The second-order valence-electron chi connectivity index (χ2n) is 6.93. The van der Waals surface area contributed by atoms with Crippen LogP contribution in [-0.4, -0.2) is 15.9 Å². The summed E-state index contributed by atoms with van der Waals surface area (Å²) in [6.45, 7) is 6.35. The van der Waals surface area contributed by atoms with Crippen molar-refractivity contribution in [3.8, 4) is 0 Å². The topological polar surface area (TPSA) is 41.1 Å². The zero-order valence-corrected chi connectivity index (χ0v) is 19.0. The number of carbonyl (C=O) groups excluding carboxylic acids is 1. The van der Waals surface area contributed by atoms with Gasteiger partial charge in [0.25, 0.3) is 5.91 Å². The van der Waals surface area contributed by atoms with Crippen LogP contribution in [0.1, 0.15) is 36.7 Å². The standard InChI is InChI=1S/C19H20Cl3IN2O/c1-18(2,3)13-6-4-12(5-7-13)16(26)25-17(19(20,21)22)24-15-10-8-14(23)9-11-15/h4-11,17,24H,1-3H3,(H,25,26)/t17-/m0/s1. The quantitative estimate of drug-likeness (QED) is 0.287. The van der Waals surface area contributed by atoms with E-state index in [9.17, 15) is 4.79 Å². The zero-order chi connectivity index (χ0) is 19.5. The summed E-state index contributed by atoms with van der Waals surface area (Å²) in [6.07, 6.45) is -0.887. The monoisotopic (exact) mass is 524 g/mol. The summed E-state index contributed by atoms with van der Waals surface area (Å²) < 4.78 is -0.633. The van der Waals surface area contributed by atoms with Crippen molar-refractivity contribution in [2.75, 3.05) is 5.32 Å². The molecule has 2 aromatic carbocycles. The number of hydrogen-bond acceptors (Lipinski definition) is 2. The molecule has 0 radical (unpaired) electrons. The molecule has 0 spiro atoms. The van der Waals surface area contributed by atoms with Crippen molar-refractivity contribution >= 4 is 69.0 Å². The number of carbonyl (C=O) groups is 1. The molecule has 2 N–H and O–H groups in total. The Kier molecular flexibility index (Phi) is 7.10. The SMILES string of the molecule is CC(C)(C)c1ccc(C(=O)N[C@H](Nc2ccc(I)cc2)C(Cl)(Cl)Cl)cc1. The molecule has 0 heterocycles. The van der Waals surface area contributed by atoms with Gasteiger partial charge in [-0.05, 0) is 70.0 Å². The van der Waals surface area contributed by atoms with Crippen molar-refractivity contribution in [3.05, 3.63) is 63.2 Å². The fourth-order valence-corrected chi connectivity index (χ4v) is 2.94. The molecule has 0 fully saturated rings. The fraction of sp³-hybridized carbons (Fsp3) is 0.316. The first-order valence-corrected chi connectivity index (χ1v) is 10.2. The summed E-state index contributed by atoms with van der Waals surface area (Å²) in [4.78, 5) is 12.6. The highest BCUT2D eigenvalue weighted by Crippen LogP contribution is 2.31. The van der Waals surface area contributed by atoms with Crippen LogP contribution >= 0.6 is 57.4 Å². The third kappa shape index (κ3) is 6.19. The molecule has 0 aliphatic heterocycles. The lowest BCUT2D eigenvalue weighted by atomic mass is 9.87. The van der Waals surface area contributed by atoms with Crippen LogP contribution in [0, 0.1) is 3.57 Å². The van der Waals surface area contributed by atoms with E-state index in [2.05, 4.69) is 54.0 Å². The van der Waals surface area contributed by atoms with Gasteiger partial charge >= 0.3 is 0 Å². The van der Waals surface area contributed by atoms with E-state index < -0.39 is 9.96 Å². The molecule has 1 atom stereocenters. The molecule has 0 aromatic heterocycles. The number of nitrogens with one attached hydrogen (secondary N) is 2. The predicted molar refractivity (Wildman–Crippen MR) is 119 cm³/mol. The molecule has 2 rings (SSSR count). The molecular formula is C19H20Cl3IN2O. The van der Waals surface area contributed by atoms with E-state index in [4.69, 9.17) is 34.8 Å². The van der Waals surface area contributed by atoms with Crippen molar-refractivity contribution in [1.82, 2.24) is 5.32 Å². The average Bonchev–Trinajstić information content (AvgIpc) is 2.54. The number of amides is 1. The Bertz CT molecular complexity index is 750. The lowest BCUT2D eigenvalue weighted by Gasteiger charge is -2.27. The molecule has 2 aromatic rings. The fourth-order valence-electron chi connectivity index (χ4n) is 2.25. The first kappa shape index (κ1) is 21.6. The van der Waals surface area contributed by atoms with Crippen LogP contribution in [0.5, 0.6) is 0 Å². The van der Waals surface area contributed by atoms with Crippen LogP contribution < -0.4 is 10.6 Å². The van der Waals surface area contributed by atoms with Crippen LogP contribution in [-0.2, 0) is 5.41 Å². The Morgan fingerprint density at radius 3 is 1.96 bits per heavy atom. The molecule has 3 nitrogen and oxygen atoms in total.